The number of hydrogen-bond donors (Lipinski definition) is 2. The van der Waals surface area contributed by atoms with Crippen LogP contribution in [0.5, 0.6) is 11.5 Å². The lowest BCUT2D eigenvalue weighted by molar-refractivity contribution is 0.0924. The molecular formula is C24H29ClN2O4. The van der Waals surface area contributed by atoms with Gasteiger partial charge in [-0.25, -0.2) is 4.98 Å². The third-order valence-corrected chi connectivity index (χ3v) is 5.55. The Morgan fingerprint density at radius 3 is 1.87 bits per heavy atom. The Balaban J connectivity index is 1.57. The van der Waals surface area contributed by atoms with Crippen molar-refractivity contribution in [2.45, 2.75) is 38.0 Å². The Morgan fingerprint density at radius 2 is 1.42 bits per heavy atom. The first-order chi connectivity index (χ1) is 14.9. The highest BCUT2D eigenvalue weighted by molar-refractivity contribution is 6.18. The molecule has 6 nitrogen and oxygen atoms in total. The van der Waals surface area contributed by atoms with Crippen molar-refractivity contribution >= 4 is 11.6 Å². The minimum atomic E-state index is -0.675. The molecule has 0 unspecified atom stereocenters. The number of aromatic nitrogens is 2. The minimum absolute atomic E-state index is 0.147. The Hall–Kier alpha value is -2.54. The number of imidazole rings is 1. The van der Waals surface area contributed by atoms with Crippen LogP contribution in [0.4, 0.5) is 0 Å². The van der Waals surface area contributed by atoms with Gasteiger partial charge in [0.15, 0.2) is 0 Å². The van der Waals surface area contributed by atoms with E-state index in [1.165, 1.54) is 0 Å². The first-order valence-electron chi connectivity index (χ1n) is 10.2. The number of halogens is 1. The Kier molecular flexibility index (Phi) is 7.96. The maximum atomic E-state index is 10.1. The molecule has 2 aromatic carbocycles. The van der Waals surface area contributed by atoms with Gasteiger partial charge in [0.1, 0.15) is 36.9 Å². The lowest BCUT2D eigenvalue weighted by Crippen LogP contribution is -2.23. The van der Waals surface area contributed by atoms with Gasteiger partial charge in [-0.1, -0.05) is 38.1 Å². The van der Waals surface area contributed by atoms with E-state index in [2.05, 4.69) is 18.8 Å². The van der Waals surface area contributed by atoms with Gasteiger partial charge in [0.25, 0.3) is 0 Å². The zero-order valence-corrected chi connectivity index (χ0v) is 18.6. The van der Waals surface area contributed by atoms with Gasteiger partial charge in [0.2, 0.25) is 0 Å². The predicted molar refractivity (Wildman–Crippen MR) is 121 cm³/mol. The van der Waals surface area contributed by atoms with E-state index in [-0.39, 0.29) is 24.5 Å². The van der Waals surface area contributed by atoms with E-state index < -0.39 is 12.2 Å². The summed E-state index contributed by atoms with van der Waals surface area (Å²) in [5.74, 6) is 1.56. The number of nitrogens with zero attached hydrogens (tertiary/aromatic N) is 2. The number of ether oxygens (including phenoxy) is 2. The van der Waals surface area contributed by atoms with E-state index in [0.717, 1.165) is 11.1 Å². The van der Waals surface area contributed by atoms with E-state index in [4.69, 9.17) is 21.1 Å². The van der Waals surface area contributed by atoms with E-state index in [9.17, 15) is 10.2 Å². The van der Waals surface area contributed by atoms with Gasteiger partial charge >= 0.3 is 0 Å². The van der Waals surface area contributed by atoms with Crippen molar-refractivity contribution in [2.24, 2.45) is 0 Å². The van der Waals surface area contributed by atoms with Crippen LogP contribution in [0, 0.1) is 0 Å². The van der Waals surface area contributed by atoms with Gasteiger partial charge in [0, 0.05) is 17.8 Å². The molecule has 0 spiro atoms. The van der Waals surface area contributed by atoms with E-state index in [1.807, 2.05) is 59.3 Å². The van der Waals surface area contributed by atoms with Crippen molar-refractivity contribution in [3.63, 3.8) is 0 Å². The maximum absolute atomic E-state index is 10.1. The largest absolute Gasteiger partial charge is 0.491 e. The molecular weight excluding hydrogens is 416 g/mol. The SMILES string of the molecule is CC(C)(c1ccc(OC[C@H](O)CCl)cc1)c1ccc(OC[C@H](O)Cn2ccnc2)cc1. The van der Waals surface area contributed by atoms with Crippen LogP contribution in [0.15, 0.2) is 67.3 Å². The zero-order chi connectivity index (χ0) is 22.3. The van der Waals surface area contributed by atoms with Crippen LogP contribution in [-0.2, 0) is 12.0 Å². The lowest BCUT2D eigenvalue weighted by atomic mass is 9.78. The fourth-order valence-corrected chi connectivity index (χ4v) is 3.31. The summed E-state index contributed by atoms with van der Waals surface area (Å²) in [6, 6.07) is 15.8. The molecule has 0 fully saturated rings. The Bertz CT molecular complexity index is 912. The molecule has 1 heterocycles. The fraction of sp³-hybridized carbons (Fsp3) is 0.375. The molecule has 31 heavy (non-hydrogen) atoms. The number of rotatable bonds is 11. The molecule has 3 aromatic rings. The van der Waals surface area contributed by atoms with Crippen LogP contribution in [0.25, 0.3) is 0 Å². The summed E-state index contributed by atoms with van der Waals surface area (Å²) in [6.45, 7) is 5.14. The molecule has 7 heteroatoms. The second-order valence-corrected chi connectivity index (χ2v) is 8.33. The van der Waals surface area contributed by atoms with Crippen molar-refractivity contribution in [3.8, 4) is 11.5 Å². The third-order valence-electron chi connectivity index (χ3n) is 5.20. The molecule has 0 aliphatic heterocycles. The first-order valence-corrected chi connectivity index (χ1v) is 10.8. The summed E-state index contributed by atoms with van der Waals surface area (Å²) in [6.07, 6.45) is 3.87. The highest BCUT2D eigenvalue weighted by atomic mass is 35.5. The van der Waals surface area contributed by atoms with E-state index in [0.29, 0.717) is 18.0 Å². The van der Waals surface area contributed by atoms with Crippen molar-refractivity contribution in [2.75, 3.05) is 19.1 Å². The molecule has 0 radical (unpaired) electrons. The van der Waals surface area contributed by atoms with Crippen molar-refractivity contribution in [3.05, 3.63) is 78.4 Å². The fourth-order valence-electron chi connectivity index (χ4n) is 3.22. The van der Waals surface area contributed by atoms with Crippen molar-refractivity contribution in [1.29, 1.82) is 0 Å². The highest BCUT2D eigenvalue weighted by Gasteiger charge is 2.23. The third kappa shape index (κ3) is 6.47. The summed E-state index contributed by atoms with van der Waals surface area (Å²) in [7, 11) is 0. The number of alkyl halides is 1. The standard InChI is InChI=1S/C24H29ClN2O4/c1-24(2,18-3-7-22(8-4-18)30-15-20(28)13-25)19-5-9-23(10-6-19)31-16-21(29)14-27-12-11-26-17-27/h3-12,17,20-21,28-29H,13-16H2,1-2H3/t20-,21-/m1/s1. The van der Waals surface area contributed by atoms with Gasteiger partial charge in [-0.05, 0) is 35.4 Å². The van der Waals surface area contributed by atoms with Crippen LogP contribution in [-0.4, -0.2) is 51.1 Å². The highest BCUT2D eigenvalue weighted by Crippen LogP contribution is 2.33. The summed E-state index contributed by atoms with van der Waals surface area (Å²) < 4.78 is 13.1. The number of hydrogen-bond acceptors (Lipinski definition) is 5. The van der Waals surface area contributed by atoms with E-state index >= 15 is 0 Å². The van der Waals surface area contributed by atoms with Crippen molar-refractivity contribution < 1.29 is 19.7 Å². The molecule has 0 aliphatic carbocycles. The monoisotopic (exact) mass is 444 g/mol. The van der Waals surface area contributed by atoms with Gasteiger partial charge in [-0.2, -0.15) is 0 Å². The van der Waals surface area contributed by atoms with Crippen LogP contribution < -0.4 is 9.47 Å². The van der Waals surface area contributed by atoms with Crippen LogP contribution in [0.1, 0.15) is 25.0 Å². The topological polar surface area (TPSA) is 76.7 Å². The summed E-state index contributed by atoms with van der Waals surface area (Å²) in [5, 5.41) is 19.6. The molecule has 1 aromatic heterocycles. The van der Waals surface area contributed by atoms with Crippen molar-refractivity contribution in [1.82, 2.24) is 9.55 Å². The molecule has 3 rings (SSSR count). The Labute approximate surface area is 188 Å². The quantitative estimate of drug-likeness (QED) is 0.442. The van der Waals surface area contributed by atoms with Gasteiger partial charge in [-0.15, -0.1) is 11.6 Å². The van der Waals surface area contributed by atoms with Gasteiger partial charge in [-0.3, -0.25) is 0 Å². The minimum Gasteiger partial charge on any atom is -0.491 e. The van der Waals surface area contributed by atoms with Crippen LogP contribution in [0.2, 0.25) is 0 Å². The molecule has 0 aliphatic rings. The Morgan fingerprint density at radius 1 is 0.903 bits per heavy atom. The second kappa shape index (κ2) is 10.7. The molecule has 166 valence electrons. The molecule has 0 saturated heterocycles. The average molecular weight is 445 g/mol. The molecule has 2 N–H and O–H groups in total. The summed E-state index contributed by atoms with van der Waals surface area (Å²) in [4.78, 5) is 3.96. The molecule has 0 amide bonds. The molecule has 2 atom stereocenters. The number of aliphatic hydroxyl groups excluding tert-OH is 2. The maximum Gasteiger partial charge on any atom is 0.119 e. The van der Waals surface area contributed by atoms with Crippen LogP contribution in [0.3, 0.4) is 0 Å². The van der Waals surface area contributed by atoms with Gasteiger partial charge in [0.05, 0.1) is 18.8 Å². The van der Waals surface area contributed by atoms with E-state index in [1.54, 1.807) is 12.5 Å². The smallest absolute Gasteiger partial charge is 0.119 e. The summed E-state index contributed by atoms with van der Waals surface area (Å²) >= 11 is 5.59. The summed E-state index contributed by atoms with van der Waals surface area (Å²) in [5.41, 5.74) is 2.07. The lowest BCUT2D eigenvalue weighted by Gasteiger charge is -2.26. The number of benzene rings is 2. The molecule has 0 bridgehead atoms. The second-order valence-electron chi connectivity index (χ2n) is 8.02. The molecule has 0 saturated carbocycles. The first kappa shape index (κ1) is 23.1. The number of aliphatic hydroxyl groups is 2. The van der Waals surface area contributed by atoms with Crippen LogP contribution >= 0.6 is 11.6 Å². The predicted octanol–water partition coefficient (Wildman–Crippen LogP) is 3.63. The van der Waals surface area contributed by atoms with Gasteiger partial charge < -0.3 is 24.3 Å². The zero-order valence-electron chi connectivity index (χ0n) is 17.8. The normalized spacial score (nSPS) is 13.6. The average Bonchev–Trinajstić information content (AvgIpc) is 3.29.